The fraction of sp³-hybridized carbons (Fsp3) is 0.500. The van der Waals surface area contributed by atoms with Crippen molar-refractivity contribution in [1.82, 2.24) is 0 Å². The first-order chi connectivity index (χ1) is 10.5. The zero-order chi connectivity index (χ0) is 15.9. The van der Waals surface area contributed by atoms with Gasteiger partial charge < -0.3 is 35.2 Å². The molecule has 8 heteroatoms. The normalized spacial score (nSPS) is 37.9. The maximum absolute atomic E-state index is 12.2. The smallest absolute Gasteiger partial charge is 0.268 e. The highest BCUT2D eigenvalue weighted by Gasteiger charge is 2.50. The van der Waals surface area contributed by atoms with Crippen LogP contribution in [-0.2, 0) is 9.53 Å². The first-order valence-corrected chi connectivity index (χ1v) is 6.90. The van der Waals surface area contributed by atoms with Crippen molar-refractivity contribution in [2.24, 2.45) is 0 Å². The van der Waals surface area contributed by atoms with Crippen molar-refractivity contribution in [2.75, 3.05) is 11.9 Å². The Labute approximate surface area is 125 Å². The Balaban J connectivity index is 1.85. The number of para-hydroxylation sites is 2. The second-order valence-electron chi connectivity index (χ2n) is 5.32. The summed E-state index contributed by atoms with van der Waals surface area (Å²) in [5.41, 5.74) is 0.494. The van der Waals surface area contributed by atoms with E-state index in [9.17, 15) is 25.2 Å². The molecule has 0 radical (unpaired) electrons. The minimum atomic E-state index is -1.55. The van der Waals surface area contributed by atoms with Gasteiger partial charge in [-0.25, -0.2) is 0 Å². The molecule has 0 aromatic heterocycles. The third-order valence-electron chi connectivity index (χ3n) is 3.88. The van der Waals surface area contributed by atoms with E-state index in [1.54, 1.807) is 24.3 Å². The number of nitrogens with one attached hydrogen (secondary N) is 1. The Bertz CT molecular complexity index is 564. The number of aliphatic hydroxyl groups excluding tert-OH is 4. The van der Waals surface area contributed by atoms with Gasteiger partial charge in [0.1, 0.15) is 36.3 Å². The monoisotopic (exact) mass is 311 g/mol. The number of hydrogen-bond donors (Lipinski definition) is 5. The van der Waals surface area contributed by atoms with Gasteiger partial charge in [-0.1, -0.05) is 12.1 Å². The molecule has 120 valence electrons. The molecule has 6 atom stereocenters. The zero-order valence-electron chi connectivity index (χ0n) is 11.5. The first kappa shape index (κ1) is 15.2. The summed E-state index contributed by atoms with van der Waals surface area (Å²) in [5.74, 6) is -0.132. The molecule has 1 amide bonds. The Morgan fingerprint density at radius 2 is 1.82 bits per heavy atom. The minimum absolute atomic E-state index is 0.407. The van der Waals surface area contributed by atoms with Gasteiger partial charge in [-0.05, 0) is 12.1 Å². The SMILES string of the molecule is O=C1Nc2ccccc2O[C@@H]1C1O[C@H](CO)[C@@H](O)[C@H](O)[C@H]1O. The molecule has 0 bridgehead atoms. The van der Waals surface area contributed by atoms with Crippen LogP contribution in [0.2, 0.25) is 0 Å². The lowest BCUT2D eigenvalue weighted by molar-refractivity contribution is -0.244. The topological polar surface area (TPSA) is 128 Å². The average molecular weight is 311 g/mol. The van der Waals surface area contributed by atoms with E-state index >= 15 is 0 Å². The van der Waals surface area contributed by atoms with Crippen molar-refractivity contribution in [1.29, 1.82) is 0 Å². The molecule has 5 N–H and O–H groups in total. The highest BCUT2D eigenvalue weighted by molar-refractivity contribution is 5.98. The van der Waals surface area contributed by atoms with Gasteiger partial charge in [0.2, 0.25) is 6.10 Å². The molecule has 2 aliphatic heterocycles. The number of fused-ring (bicyclic) bond motifs is 1. The third kappa shape index (κ3) is 2.44. The number of benzene rings is 1. The summed E-state index contributed by atoms with van der Waals surface area (Å²) in [5, 5.41) is 41.4. The van der Waals surface area contributed by atoms with Crippen LogP contribution in [-0.4, -0.2) is 69.6 Å². The van der Waals surface area contributed by atoms with Crippen molar-refractivity contribution in [2.45, 2.75) is 36.6 Å². The highest BCUT2D eigenvalue weighted by atomic mass is 16.6. The van der Waals surface area contributed by atoms with E-state index in [0.29, 0.717) is 11.4 Å². The largest absolute Gasteiger partial charge is 0.476 e. The third-order valence-corrected chi connectivity index (χ3v) is 3.88. The van der Waals surface area contributed by atoms with Crippen LogP contribution in [0.4, 0.5) is 5.69 Å². The molecule has 1 fully saturated rings. The predicted molar refractivity (Wildman–Crippen MR) is 73.3 cm³/mol. The van der Waals surface area contributed by atoms with Crippen LogP contribution >= 0.6 is 0 Å². The van der Waals surface area contributed by atoms with Crippen molar-refractivity contribution < 1.29 is 34.7 Å². The van der Waals surface area contributed by atoms with Crippen molar-refractivity contribution in [3.63, 3.8) is 0 Å². The maximum Gasteiger partial charge on any atom is 0.268 e. The number of carbonyl (C=O) groups is 1. The first-order valence-electron chi connectivity index (χ1n) is 6.90. The van der Waals surface area contributed by atoms with E-state index in [1.807, 2.05) is 0 Å². The molecule has 1 aromatic rings. The molecule has 22 heavy (non-hydrogen) atoms. The lowest BCUT2D eigenvalue weighted by atomic mass is 9.91. The summed E-state index contributed by atoms with van der Waals surface area (Å²) in [6.45, 7) is -0.563. The number of anilines is 1. The summed E-state index contributed by atoms with van der Waals surface area (Å²) in [7, 11) is 0. The molecule has 0 aliphatic carbocycles. The Kier molecular flexibility index (Phi) is 4.02. The second-order valence-corrected chi connectivity index (χ2v) is 5.32. The number of ether oxygens (including phenoxy) is 2. The summed E-state index contributed by atoms with van der Waals surface area (Å²) >= 11 is 0. The van der Waals surface area contributed by atoms with Crippen LogP contribution < -0.4 is 10.1 Å². The van der Waals surface area contributed by atoms with E-state index in [2.05, 4.69) is 5.32 Å². The van der Waals surface area contributed by atoms with Crippen LogP contribution in [0.5, 0.6) is 5.75 Å². The molecule has 2 heterocycles. The van der Waals surface area contributed by atoms with Crippen LogP contribution in [0.15, 0.2) is 24.3 Å². The lowest BCUT2D eigenvalue weighted by Gasteiger charge is -2.43. The van der Waals surface area contributed by atoms with Gasteiger partial charge in [0.15, 0.2) is 0 Å². The Hall–Kier alpha value is -1.71. The second kappa shape index (κ2) is 5.82. The van der Waals surface area contributed by atoms with Crippen molar-refractivity contribution in [3.05, 3.63) is 24.3 Å². The van der Waals surface area contributed by atoms with Gasteiger partial charge >= 0.3 is 0 Å². The number of aliphatic hydroxyl groups is 4. The highest BCUT2D eigenvalue weighted by Crippen LogP contribution is 2.33. The fourth-order valence-corrected chi connectivity index (χ4v) is 2.66. The van der Waals surface area contributed by atoms with E-state index < -0.39 is 49.1 Å². The number of carbonyl (C=O) groups excluding carboxylic acids is 1. The van der Waals surface area contributed by atoms with Gasteiger partial charge in [-0.2, -0.15) is 0 Å². The van der Waals surface area contributed by atoms with Crippen molar-refractivity contribution >= 4 is 11.6 Å². The molecule has 3 rings (SSSR count). The molecule has 1 aromatic carbocycles. The van der Waals surface area contributed by atoms with Crippen LogP contribution in [0.1, 0.15) is 0 Å². The number of hydrogen-bond acceptors (Lipinski definition) is 7. The van der Waals surface area contributed by atoms with E-state index in [4.69, 9.17) is 9.47 Å². The van der Waals surface area contributed by atoms with Crippen LogP contribution in [0, 0.1) is 0 Å². The van der Waals surface area contributed by atoms with Gasteiger partial charge in [0.05, 0.1) is 12.3 Å². The molecule has 8 nitrogen and oxygen atoms in total. The summed E-state index contributed by atoms with van der Waals surface area (Å²) < 4.78 is 10.9. The zero-order valence-corrected chi connectivity index (χ0v) is 11.5. The lowest BCUT2D eigenvalue weighted by Crippen LogP contribution is -2.64. The molecule has 1 unspecified atom stereocenters. The van der Waals surface area contributed by atoms with E-state index in [0.717, 1.165) is 0 Å². The standard InChI is InChI=1S/C14H17NO7/c16-5-8-9(17)10(18)11(19)12(22-8)13-14(20)15-6-3-1-2-4-7(6)21-13/h1-4,8-13,16-19H,5H2,(H,15,20)/t8-,9-,10+,11-,12?,13-/m1/s1. The summed E-state index contributed by atoms with van der Waals surface area (Å²) in [6, 6.07) is 6.76. The maximum atomic E-state index is 12.2. The molecular weight excluding hydrogens is 294 g/mol. The number of rotatable bonds is 2. The minimum Gasteiger partial charge on any atom is -0.476 e. The molecule has 0 saturated carbocycles. The summed E-state index contributed by atoms with van der Waals surface area (Å²) in [6.07, 6.45) is -8.07. The molecular formula is C14H17NO7. The Morgan fingerprint density at radius 1 is 1.09 bits per heavy atom. The van der Waals surface area contributed by atoms with Crippen LogP contribution in [0.3, 0.4) is 0 Å². The molecule has 0 spiro atoms. The van der Waals surface area contributed by atoms with Crippen LogP contribution in [0.25, 0.3) is 0 Å². The fourth-order valence-electron chi connectivity index (χ4n) is 2.66. The Morgan fingerprint density at radius 3 is 2.55 bits per heavy atom. The van der Waals surface area contributed by atoms with Gasteiger partial charge in [-0.3, -0.25) is 4.79 Å². The molecule has 1 saturated heterocycles. The van der Waals surface area contributed by atoms with E-state index in [1.165, 1.54) is 0 Å². The molecule has 2 aliphatic rings. The van der Waals surface area contributed by atoms with E-state index in [-0.39, 0.29) is 0 Å². The average Bonchev–Trinajstić information content (AvgIpc) is 2.53. The number of amides is 1. The van der Waals surface area contributed by atoms with Gasteiger partial charge in [-0.15, -0.1) is 0 Å². The van der Waals surface area contributed by atoms with Gasteiger partial charge in [0.25, 0.3) is 5.91 Å². The summed E-state index contributed by atoms with van der Waals surface area (Å²) in [4.78, 5) is 12.2. The predicted octanol–water partition coefficient (Wildman–Crippen LogP) is -1.77. The van der Waals surface area contributed by atoms with Crippen molar-refractivity contribution in [3.8, 4) is 5.75 Å². The quantitative estimate of drug-likeness (QED) is 0.437. The van der Waals surface area contributed by atoms with Gasteiger partial charge in [0, 0.05) is 0 Å².